The molecule has 244 valence electrons. The summed E-state index contributed by atoms with van der Waals surface area (Å²) in [5.74, 6) is -4.54. The van der Waals surface area contributed by atoms with E-state index in [1.807, 2.05) is 0 Å². The molecule has 0 bridgehead atoms. The molecule has 0 aliphatic heterocycles. The van der Waals surface area contributed by atoms with E-state index < -0.39 is 30.1 Å². The van der Waals surface area contributed by atoms with Gasteiger partial charge < -0.3 is 53.4 Å². The summed E-state index contributed by atoms with van der Waals surface area (Å²) in [6, 6.07) is 0. The van der Waals surface area contributed by atoms with Crippen LogP contribution in [0.2, 0.25) is 0 Å². The lowest BCUT2D eigenvalue weighted by Gasteiger charge is -2.09. The second-order valence-corrected chi connectivity index (χ2v) is 8.33. The van der Waals surface area contributed by atoms with Gasteiger partial charge in [-0.3, -0.25) is 19.2 Å². The van der Waals surface area contributed by atoms with E-state index in [-0.39, 0.29) is 38.4 Å². The summed E-state index contributed by atoms with van der Waals surface area (Å²) in [4.78, 5) is 54.3. The molecule has 0 aliphatic rings. The first-order valence-corrected chi connectivity index (χ1v) is 13.8. The van der Waals surface area contributed by atoms with E-state index in [1.54, 1.807) is 0 Å². The zero-order chi connectivity index (χ0) is 31.1. The van der Waals surface area contributed by atoms with Gasteiger partial charge in [0.05, 0.1) is 98.7 Å². The number of hydrogen-bond acceptors (Lipinski definition) is 13. The Labute approximate surface area is 245 Å². The maximum Gasteiger partial charge on any atom is 0.372 e. The van der Waals surface area contributed by atoms with Crippen LogP contribution in [0.15, 0.2) is 0 Å². The van der Waals surface area contributed by atoms with Crippen molar-refractivity contribution in [2.24, 2.45) is 0 Å². The number of esters is 1. The fraction of sp³-hybridized carbons (Fsp3) is 0.808. The van der Waals surface area contributed by atoms with Crippen LogP contribution >= 0.6 is 0 Å². The zero-order valence-electron chi connectivity index (χ0n) is 24.1. The number of carbonyl (C=O) groups is 5. The van der Waals surface area contributed by atoms with Crippen molar-refractivity contribution in [3.63, 3.8) is 0 Å². The van der Waals surface area contributed by atoms with E-state index in [0.29, 0.717) is 98.9 Å². The van der Waals surface area contributed by atoms with Crippen molar-refractivity contribution in [2.75, 3.05) is 106 Å². The Bertz CT molecular complexity index is 734. The summed E-state index contributed by atoms with van der Waals surface area (Å²) in [6.45, 7) is 5.95. The van der Waals surface area contributed by atoms with Crippen molar-refractivity contribution in [3.05, 3.63) is 0 Å². The number of ether oxygens (including phenoxy) is 8. The highest BCUT2D eigenvalue weighted by atomic mass is 16.6. The van der Waals surface area contributed by atoms with Crippen molar-refractivity contribution in [3.8, 4) is 0 Å². The van der Waals surface area contributed by atoms with Crippen LogP contribution in [0.4, 0.5) is 0 Å². The van der Waals surface area contributed by atoms with Gasteiger partial charge in [0.15, 0.2) is 0 Å². The van der Waals surface area contributed by atoms with Gasteiger partial charge in [-0.1, -0.05) is 0 Å². The van der Waals surface area contributed by atoms with E-state index in [2.05, 4.69) is 5.32 Å². The lowest BCUT2D eigenvalue weighted by atomic mass is 10.2. The number of amides is 1. The minimum atomic E-state index is -1.57. The highest BCUT2D eigenvalue weighted by molar-refractivity contribution is 6.32. The van der Waals surface area contributed by atoms with Crippen molar-refractivity contribution in [1.82, 2.24) is 5.32 Å². The largest absolute Gasteiger partial charge is 0.481 e. The summed E-state index contributed by atoms with van der Waals surface area (Å²) >= 11 is 0. The first kappa shape index (κ1) is 39.3. The Hall–Kier alpha value is -2.73. The lowest BCUT2D eigenvalue weighted by molar-refractivity contribution is -0.151. The minimum Gasteiger partial charge on any atom is -0.481 e. The van der Waals surface area contributed by atoms with Crippen LogP contribution in [0, 0.1) is 0 Å². The number of carboxylic acid groups (broad SMARTS) is 2. The van der Waals surface area contributed by atoms with Crippen molar-refractivity contribution >= 4 is 29.6 Å². The number of hydrogen-bond donors (Lipinski definition) is 3. The van der Waals surface area contributed by atoms with Crippen LogP contribution in [0.5, 0.6) is 0 Å². The minimum absolute atomic E-state index is 0.00455. The smallest absolute Gasteiger partial charge is 0.372 e. The van der Waals surface area contributed by atoms with Crippen molar-refractivity contribution in [2.45, 2.75) is 32.1 Å². The second-order valence-electron chi connectivity index (χ2n) is 8.33. The van der Waals surface area contributed by atoms with Gasteiger partial charge in [0.2, 0.25) is 11.7 Å². The molecule has 0 aliphatic carbocycles. The van der Waals surface area contributed by atoms with Crippen LogP contribution in [-0.4, -0.2) is 145 Å². The molecule has 0 fully saturated rings. The molecule has 0 heterocycles. The number of nitrogens with one attached hydrogen (secondary N) is 1. The number of Topliss-reactive ketones (excluding diaryl/α,β-unsaturated/α-hetero) is 1. The van der Waals surface area contributed by atoms with Crippen LogP contribution in [0.1, 0.15) is 32.1 Å². The number of carbonyl (C=O) groups excluding carboxylic acids is 3. The molecular formula is C26H45NO15. The molecule has 0 unspecified atom stereocenters. The summed E-state index contributed by atoms with van der Waals surface area (Å²) in [5, 5.41) is 19.6. The molecule has 16 nitrogen and oxygen atoms in total. The maximum absolute atomic E-state index is 11.3. The molecular weight excluding hydrogens is 566 g/mol. The van der Waals surface area contributed by atoms with Crippen molar-refractivity contribution < 1.29 is 72.1 Å². The topological polar surface area (TPSA) is 212 Å². The quantitative estimate of drug-likeness (QED) is 0.0495. The van der Waals surface area contributed by atoms with Gasteiger partial charge >= 0.3 is 17.9 Å². The first-order valence-electron chi connectivity index (χ1n) is 13.8. The molecule has 0 aromatic heterocycles. The van der Waals surface area contributed by atoms with E-state index in [9.17, 15) is 24.0 Å². The van der Waals surface area contributed by atoms with E-state index >= 15 is 0 Å². The molecule has 3 N–H and O–H groups in total. The van der Waals surface area contributed by atoms with Gasteiger partial charge in [-0.2, -0.15) is 0 Å². The van der Waals surface area contributed by atoms with Crippen molar-refractivity contribution in [1.29, 1.82) is 0 Å². The zero-order valence-corrected chi connectivity index (χ0v) is 24.1. The van der Waals surface area contributed by atoms with Crippen LogP contribution in [-0.2, 0) is 61.9 Å². The van der Waals surface area contributed by atoms with Gasteiger partial charge in [0.25, 0.3) is 0 Å². The molecule has 0 spiro atoms. The Morgan fingerprint density at radius 1 is 0.476 bits per heavy atom. The summed E-state index contributed by atoms with van der Waals surface area (Å²) in [7, 11) is 0. The average molecular weight is 612 g/mol. The van der Waals surface area contributed by atoms with E-state index in [4.69, 9.17) is 48.1 Å². The van der Waals surface area contributed by atoms with Crippen LogP contribution in [0.25, 0.3) is 0 Å². The van der Waals surface area contributed by atoms with Crippen LogP contribution < -0.4 is 5.32 Å². The molecule has 0 atom stereocenters. The molecule has 0 aromatic carbocycles. The predicted molar refractivity (Wildman–Crippen MR) is 143 cm³/mol. The van der Waals surface area contributed by atoms with Gasteiger partial charge in [0.1, 0.15) is 6.61 Å². The van der Waals surface area contributed by atoms with Gasteiger partial charge in [-0.05, 0) is 6.42 Å². The summed E-state index contributed by atoms with van der Waals surface area (Å²) < 4.78 is 42.3. The molecule has 0 radical (unpaired) electrons. The lowest BCUT2D eigenvalue weighted by Crippen LogP contribution is -2.25. The molecule has 0 saturated heterocycles. The summed E-state index contributed by atoms with van der Waals surface area (Å²) in [5.41, 5.74) is 0. The number of carboxylic acids is 2. The number of aliphatic carboxylic acids is 2. The highest BCUT2D eigenvalue weighted by Crippen LogP contribution is 1.95. The maximum atomic E-state index is 11.3. The predicted octanol–water partition coefficient (Wildman–Crippen LogP) is -0.549. The Balaban J connectivity index is 3.18. The fourth-order valence-electron chi connectivity index (χ4n) is 2.74. The third-order valence-corrected chi connectivity index (χ3v) is 4.87. The molecule has 1 amide bonds. The fourth-order valence-corrected chi connectivity index (χ4v) is 2.74. The second kappa shape index (κ2) is 29.8. The monoisotopic (exact) mass is 611 g/mol. The third-order valence-electron chi connectivity index (χ3n) is 4.87. The van der Waals surface area contributed by atoms with Crippen LogP contribution in [0.3, 0.4) is 0 Å². The molecule has 42 heavy (non-hydrogen) atoms. The Morgan fingerprint density at radius 2 is 0.881 bits per heavy atom. The van der Waals surface area contributed by atoms with E-state index in [0.717, 1.165) is 0 Å². The highest BCUT2D eigenvalue weighted by Gasteiger charge is 2.14. The van der Waals surface area contributed by atoms with Gasteiger partial charge in [0, 0.05) is 26.0 Å². The van der Waals surface area contributed by atoms with E-state index in [1.165, 1.54) is 0 Å². The number of rotatable bonds is 32. The molecule has 0 rings (SSSR count). The standard InChI is InChI=1S/C26H45NO15/c28-22(26(33)34)2-5-25(32)42-21-20-41-19-18-40-17-16-39-15-14-38-13-12-37-11-10-36-9-8-35-7-1-6-27-23(29)3-4-24(30)31/h1-21H2,(H,27,29)(H,30,31)(H,33,34). The SMILES string of the molecule is O=C(O)CCC(=O)NCCCOCCOCCOCCOCCOCCOCCOCCOC(=O)CCC(=O)C(=O)O. The molecule has 0 aromatic rings. The average Bonchev–Trinajstić information content (AvgIpc) is 2.96. The summed E-state index contributed by atoms with van der Waals surface area (Å²) in [6.07, 6.45) is -0.241. The molecule has 0 saturated carbocycles. The first-order chi connectivity index (χ1) is 20.3. The normalized spacial score (nSPS) is 10.9. The van der Waals surface area contributed by atoms with Gasteiger partial charge in [-0.15, -0.1) is 0 Å². The Morgan fingerprint density at radius 3 is 1.29 bits per heavy atom. The third kappa shape index (κ3) is 30.2. The van der Waals surface area contributed by atoms with Gasteiger partial charge in [-0.25, -0.2) is 4.79 Å². The number of ketones is 1. The Kier molecular flexibility index (Phi) is 27.8. The molecule has 16 heteroatoms.